The van der Waals surface area contributed by atoms with Gasteiger partial charge in [-0.3, -0.25) is 4.79 Å². The predicted molar refractivity (Wildman–Crippen MR) is 104 cm³/mol. The first-order valence-electron chi connectivity index (χ1n) is 8.15. The number of hydrogen-bond donors (Lipinski definition) is 2. The SMILES string of the molecule is CCc1ccccc1OCC(=O)NCCNS(=O)(=O)c1ccc(Br)cc1. The minimum Gasteiger partial charge on any atom is -0.483 e. The second-order valence-corrected chi connectivity index (χ2v) is 8.13. The van der Waals surface area contributed by atoms with E-state index >= 15 is 0 Å². The summed E-state index contributed by atoms with van der Waals surface area (Å²) < 4.78 is 33.0. The molecule has 0 saturated carbocycles. The minimum absolute atomic E-state index is 0.0929. The van der Waals surface area contributed by atoms with Crippen molar-refractivity contribution in [3.8, 4) is 5.75 Å². The summed E-state index contributed by atoms with van der Waals surface area (Å²) >= 11 is 3.26. The number of sulfonamides is 1. The largest absolute Gasteiger partial charge is 0.483 e. The van der Waals surface area contributed by atoms with Crippen LogP contribution in [0.5, 0.6) is 5.75 Å². The summed E-state index contributed by atoms with van der Waals surface area (Å²) in [5.41, 5.74) is 1.03. The van der Waals surface area contributed by atoms with Gasteiger partial charge in [0.15, 0.2) is 6.61 Å². The fourth-order valence-corrected chi connectivity index (χ4v) is 3.51. The number of benzene rings is 2. The van der Waals surface area contributed by atoms with Crippen LogP contribution < -0.4 is 14.8 Å². The van der Waals surface area contributed by atoms with Crippen LogP contribution in [0.4, 0.5) is 0 Å². The van der Waals surface area contributed by atoms with Gasteiger partial charge in [-0.15, -0.1) is 0 Å². The molecule has 0 spiro atoms. The number of halogens is 1. The van der Waals surface area contributed by atoms with Gasteiger partial charge in [0.05, 0.1) is 4.90 Å². The Hall–Kier alpha value is -1.90. The van der Waals surface area contributed by atoms with E-state index in [9.17, 15) is 13.2 Å². The van der Waals surface area contributed by atoms with Gasteiger partial charge in [-0.1, -0.05) is 41.1 Å². The molecule has 0 saturated heterocycles. The summed E-state index contributed by atoms with van der Waals surface area (Å²) in [6.07, 6.45) is 0.815. The van der Waals surface area contributed by atoms with E-state index in [0.29, 0.717) is 5.75 Å². The third-order valence-corrected chi connectivity index (χ3v) is 5.58. The van der Waals surface area contributed by atoms with Crippen molar-refractivity contribution in [3.63, 3.8) is 0 Å². The quantitative estimate of drug-likeness (QED) is 0.586. The molecule has 0 unspecified atom stereocenters. The van der Waals surface area contributed by atoms with Crippen molar-refractivity contribution in [1.29, 1.82) is 0 Å². The highest BCUT2D eigenvalue weighted by Gasteiger charge is 2.13. The van der Waals surface area contributed by atoms with Crippen LogP contribution in [0.15, 0.2) is 57.9 Å². The van der Waals surface area contributed by atoms with Gasteiger partial charge < -0.3 is 10.1 Å². The number of hydrogen-bond acceptors (Lipinski definition) is 4. The molecule has 1 amide bonds. The molecule has 0 heterocycles. The molecule has 2 aromatic carbocycles. The lowest BCUT2D eigenvalue weighted by atomic mass is 10.1. The van der Waals surface area contributed by atoms with Crippen molar-refractivity contribution >= 4 is 31.9 Å². The average Bonchev–Trinajstić information content (AvgIpc) is 2.64. The van der Waals surface area contributed by atoms with E-state index in [-0.39, 0.29) is 30.5 Å². The van der Waals surface area contributed by atoms with E-state index in [1.54, 1.807) is 12.1 Å². The molecular weight excluding hydrogens is 420 g/mol. The predicted octanol–water partition coefficient (Wildman–Crippen LogP) is 2.49. The molecule has 8 heteroatoms. The topological polar surface area (TPSA) is 84.5 Å². The Morgan fingerprint density at radius 1 is 1.08 bits per heavy atom. The summed E-state index contributed by atoms with van der Waals surface area (Å²) in [6, 6.07) is 13.9. The molecule has 0 aliphatic rings. The lowest BCUT2D eigenvalue weighted by Crippen LogP contribution is -2.36. The molecular formula is C18H21BrN2O4S. The van der Waals surface area contributed by atoms with Crippen molar-refractivity contribution in [1.82, 2.24) is 10.0 Å². The summed E-state index contributed by atoms with van der Waals surface area (Å²) in [4.78, 5) is 12.0. The van der Waals surface area contributed by atoms with Crippen LogP contribution in [0.3, 0.4) is 0 Å². The fourth-order valence-electron chi connectivity index (χ4n) is 2.22. The summed E-state index contributed by atoms with van der Waals surface area (Å²) in [6.45, 7) is 2.17. The van der Waals surface area contributed by atoms with Crippen LogP contribution in [-0.2, 0) is 21.2 Å². The Bertz CT molecular complexity index is 839. The van der Waals surface area contributed by atoms with Crippen molar-refractivity contribution in [2.45, 2.75) is 18.2 Å². The number of carbonyl (C=O) groups is 1. The lowest BCUT2D eigenvalue weighted by Gasteiger charge is -2.11. The summed E-state index contributed by atoms with van der Waals surface area (Å²) in [5.74, 6) is 0.375. The second-order valence-electron chi connectivity index (χ2n) is 5.45. The number of carbonyl (C=O) groups excluding carboxylic acids is 1. The Morgan fingerprint density at radius 3 is 2.46 bits per heavy atom. The lowest BCUT2D eigenvalue weighted by molar-refractivity contribution is -0.123. The third-order valence-electron chi connectivity index (χ3n) is 3.58. The molecule has 6 nitrogen and oxygen atoms in total. The van der Waals surface area contributed by atoms with E-state index in [1.165, 1.54) is 12.1 Å². The minimum atomic E-state index is -3.59. The smallest absolute Gasteiger partial charge is 0.257 e. The van der Waals surface area contributed by atoms with Gasteiger partial charge in [0.2, 0.25) is 10.0 Å². The molecule has 0 atom stereocenters. The summed E-state index contributed by atoms with van der Waals surface area (Å²) in [7, 11) is -3.59. The van der Waals surface area contributed by atoms with Gasteiger partial charge in [0, 0.05) is 17.6 Å². The number of rotatable bonds is 9. The van der Waals surface area contributed by atoms with E-state index in [0.717, 1.165) is 16.5 Å². The van der Waals surface area contributed by atoms with Crippen LogP contribution in [0, 0.1) is 0 Å². The molecule has 140 valence electrons. The van der Waals surface area contributed by atoms with E-state index < -0.39 is 10.0 Å². The first-order valence-corrected chi connectivity index (χ1v) is 10.4. The van der Waals surface area contributed by atoms with E-state index in [2.05, 4.69) is 26.0 Å². The Kier molecular flexibility index (Phi) is 7.62. The highest BCUT2D eigenvalue weighted by molar-refractivity contribution is 9.10. The molecule has 0 aliphatic carbocycles. The third kappa shape index (κ3) is 6.12. The maximum absolute atomic E-state index is 12.1. The van der Waals surface area contributed by atoms with Crippen LogP contribution in [0.25, 0.3) is 0 Å². The maximum Gasteiger partial charge on any atom is 0.257 e. The van der Waals surface area contributed by atoms with Gasteiger partial charge >= 0.3 is 0 Å². The van der Waals surface area contributed by atoms with Crippen LogP contribution in [-0.4, -0.2) is 34.0 Å². The van der Waals surface area contributed by atoms with E-state index in [4.69, 9.17) is 4.74 Å². The molecule has 2 rings (SSSR count). The van der Waals surface area contributed by atoms with Gasteiger partial charge in [-0.2, -0.15) is 0 Å². The first-order chi connectivity index (χ1) is 12.4. The number of ether oxygens (including phenoxy) is 1. The molecule has 0 fully saturated rings. The average molecular weight is 441 g/mol. The van der Waals surface area contributed by atoms with E-state index in [1.807, 2.05) is 31.2 Å². The second kappa shape index (κ2) is 9.70. The zero-order valence-electron chi connectivity index (χ0n) is 14.4. The maximum atomic E-state index is 12.1. The van der Waals surface area contributed by atoms with Crippen molar-refractivity contribution in [2.75, 3.05) is 19.7 Å². The van der Waals surface area contributed by atoms with Crippen LogP contribution >= 0.6 is 15.9 Å². The molecule has 0 aliphatic heterocycles. The summed E-state index contributed by atoms with van der Waals surface area (Å²) in [5, 5.41) is 2.63. The molecule has 0 radical (unpaired) electrons. The number of aryl methyl sites for hydroxylation is 1. The molecule has 0 aromatic heterocycles. The zero-order chi connectivity index (χ0) is 19.0. The Balaban J connectivity index is 1.74. The zero-order valence-corrected chi connectivity index (χ0v) is 16.8. The molecule has 2 N–H and O–H groups in total. The molecule has 26 heavy (non-hydrogen) atoms. The number of para-hydroxylation sites is 1. The Morgan fingerprint density at radius 2 is 1.77 bits per heavy atom. The first kappa shape index (κ1) is 20.4. The van der Waals surface area contributed by atoms with Crippen LogP contribution in [0.1, 0.15) is 12.5 Å². The van der Waals surface area contributed by atoms with Gasteiger partial charge in [-0.05, 0) is 42.3 Å². The monoisotopic (exact) mass is 440 g/mol. The van der Waals surface area contributed by atoms with Gasteiger partial charge in [0.1, 0.15) is 5.75 Å². The van der Waals surface area contributed by atoms with Crippen molar-refractivity contribution in [2.24, 2.45) is 0 Å². The highest BCUT2D eigenvalue weighted by atomic mass is 79.9. The van der Waals surface area contributed by atoms with Gasteiger partial charge in [-0.25, -0.2) is 13.1 Å². The highest BCUT2D eigenvalue weighted by Crippen LogP contribution is 2.18. The van der Waals surface area contributed by atoms with Crippen LogP contribution in [0.2, 0.25) is 0 Å². The standard InChI is InChI=1S/C18H21BrN2O4S/c1-2-14-5-3-4-6-17(14)25-13-18(22)20-11-12-21-26(23,24)16-9-7-15(19)8-10-16/h3-10,21H,2,11-13H2,1H3,(H,20,22). The number of nitrogens with one attached hydrogen (secondary N) is 2. The molecule has 2 aromatic rings. The van der Waals surface area contributed by atoms with Gasteiger partial charge in [0.25, 0.3) is 5.91 Å². The van der Waals surface area contributed by atoms with Crippen molar-refractivity contribution < 1.29 is 17.9 Å². The number of amides is 1. The van der Waals surface area contributed by atoms with Crippen molar-refractivity contribution in [3.05, 3.63) is 58.6 Å². The normalized spacial score (nSPS) is 11.2. The fraction of sp³-hybridized carbons (Fsp3) is 0.278. The Labute approximate surface area is 162 Å². The molecule has 0 bridgehead atoms.